The molecule has 2 amide bonds. The normalized spacial score (nSPS) is 25.3. The first-order valence-corrected chi connectivity index (χ1v) is 11.0. The Kier molecular flexibility index (Phi) is 5.25. The summed E-state index contributed by atoms with van der Waals surface area (Å²) in [6.45, 7) is 2.05. The van der Waals surface area contributed by atoms with Gasteiger partial charge in [0.05, 0.1) is 23.0 Å². The maximum absolute atomic E-state index is 12.9. The number of hydrogen-bond donors (Lipinski definition) is 0. The number of fused-ring (bicyclic) bond motifs is 5. The zero-order chi connectivity index (χ0) is 23.3. The van der Waals surface area contributed by atoms with E-state index in [0.29, 0.717) is 0 Å². The molecule has 4 unspecified atom stereocenters. The van der Waals surface area contributed by atoms with Crippen LogP contribution >= 0.6 is 11.6 Å². The van der Waals surface area contributed by atoms with Crippen LogP contribution in [-0.2, 0) is 16.2 Å². The summed E-state index contributed by atoms with van der Waals surface area (Å²) in [5, 5.41) is 16.8. The average molecular weight is 466 g/mol. The number of amides is 2. The van der Waals surface area contributed by atoms with Gasteiger partial charge in [-0.15, -0.1) is 0 Å². The molecule has 1 saturated carbocycles. The molecule has 2 aliphatic carbocycles. The second-order valence-corrected chi connectivity index (χ2v) is 9.04. The summed E-state index contributed by atoms with van der Waals surface area (Å²) in [6, 6.07) is 10.2. The van der Waals surface area contributed by atoms with Gasteiger partial charge in [-0.3, -0.25) is 19.7 Å². The number of hydrogen-bond acceptors (Lipinski definition) is 6. The van der Waals surface area contributed by atoms with Gasteiger partial charge in [-0.1, -0.05) is 53.6 Å². The van der Waals surface area contributed by atoms with E-state index >= 15 is 0 Å². The lowest BCUT2D eigenvalue weighted by atomic mass is 9.85. The topological polar surface area (TPSA) is 102 Å². The highest BCUT2D eigenvalue weighted by Crippen LogP contribution is 2.52. The van der Waals surface area contributed by atoms with E-state index in [1.165, 1.54) is 18.3 Å². The molecule has 33 heavy (non-hydrogen) atoms. The molecule has 2 fully saturated rings. The van der Waals surface area contributed by atoms with Crippen molar-refractivity contribution in [2.24, 2.45) is 28.8 Å². The number of benzene rings is 2. The Morgan fingerprint density at radius 3 is 2.39 bits per heavy atom. The maximum atomic E-state index is 12.9. The molecule has 2 aromatic rings. The summed E-state index contributed by atoms with van der Waals surface area (Å²) < 4.78 is 5.81. The fraction of sp³-hybridized carbons (Fsp3) is 0.292. The van der Waals surface area contributed by atoms with Crippen molar-refractivity contribution in [1.29, 1.82) is 0 Å². The lowest BCUT2D eigenvalue weighted by Crippen LogP contribution is -2.28. The fourth-order valence-electron chi connectivity index (χ4n) is 4.95. The second-order valence-electron chi connectivity index (χ2n) is 8.61. The van der Waals surface area contributed by atoms with E-state index in [4.69, 9.17) is 16.3 Å². The number of rotatable bonds is 6. The molecule has 0 N–H and O–H groups in total. The standard InChI is InChI=1S/C24H20ClN3O5/c1-13-2-4-14(5-3-13)12-33-22-17(9-18(25)10-19(22)28(31)32)11-26-27-23(29)20-15-6-7-16(8-15)21(20)24(27)30/h2-7,9-11,15-16,20-21H,8,12H2,1H3. The van der Waals surface area contributed by atoms with Crippen LogP contribution in [0.1, 0.15) is 23.1 Å². The van der Waals surface area contributed by atoms with E-state index in [9.17, 15) is 19.7 Å². The first-order chi connectivity index (χ1) is 15.8. The number of imide groups is 1. The van der Waals surface area contributed by atoms with Crippen LogP contribution in [0.5, 0.6) is 5.75 Å². The molecular weight excluding hydrogens is 446 g/mol. The molecule has 8 nitrogen and oxygen atoms in total. The van der Waals surface area contributed by atoms with Crippen molar-refractivity contribution < 1.29 is 19.2 Å². The monoisotopic (exact) mass is 465 g/mol. The molecule has 0 aromatic heterocycles. The molecule has 3 aliphatic rings. The van der Waals surface area contributed by atoms with Gasteiger partial charge in [-0.25, -0.2) is 0 Å². The van der Waals surface area contributed by atoms with Gasteiger partial charge in [0.25, 0.3) is 11.8 Å². The summed E-state index contributed by atoms with van der Waals surface area (Å²) in [6.07, 6.45) is 6.06. The Hall–Kier alpha value is -3.52. The molecule has 1 saturated heterocycles. The summed E-state index contributed by atoms with van der Waals surface area (Å²) in [5.41, 5.74) is 1.79. The van der Waals surface area contributed by atoms with Gasteiger partial charge in [0.2, 0.25) is 5.75 Å². The maximum Gasteiger partial charge on any atom is 0.313 e. The van der Waals surface area contributed by atoms with Gasteiger partial charge in [0.15, 0.2) is 0 Å². The van der Waals surface area contributed by atoms with Crippen LogP contribution in [0.4, 0.5) is 5.69 Å². The molecule has 168 valence electrons. The lowest BCUT2D eigenvalue weighted by molar-refractivity contribution is -0.385. The molecule has 0 spiro atoms. The van der Waals surface area contributed by atoms with E-state index in [1.807, 2.05) is 43.3 Å². The van der Waals surface area contributed by atoms with Gasteiger partial charge in [0, 0.05) is 16.7 Å². The van der Waals surface area contributed by atoms with E-state index in [-0.39, 0.29) is 64.1 Å². The highest BCUT2D eigenvalue weighted by molar-refractivity contribution is 6.31. The molecule has 0 radical (unpaired) electrons. The van der Waals surface area contributed by atoms with Crippen LogP contribution in [0.3, 0.4) is 0 Å². The zero-order valence-corrected chi connectivity index (χ0v) is 18.4. The minimum absolute atomic E-state index is 0.0326. The summed E-state index contributed by atoms with van der Waals surface area (Å²) in [7, 11) is 0. The summed E-state index contributed by atoms with van der Waals surface area (Å²) >= 11 is 6.10. The fourth-order valence-corrected chi connectivity index (χ4v) is 5.17. The smallest absolute Gasteiger partial charge is 0.313 e. The van der Waals surface area contributed by atoms with Crippen LogP contribution in [0.15, 0.2) is 53.7 Å². The SMILES string of the molecule is Cc1ccc(COc2c(C=NN3C(=O)C4C5C=CC(C5)C4C3=O)cc(Cl)cc2[N+](=O)[O-])cc1. The summed E-state index contributed by atoms with van der Waals surface area (Å²) in [4.78, 5) is 36.8. The largest absolute Gasteiger partial charge is 0.481 e. The van der Waals surface area contributed by atoms with Crippen molar-refractivity contribution >= 4 is 35.3 Å². The number of halogens is 1. The third kappa shape index (κ3) is 3.70. The first-order valence-electron chi connectivity index (χ1n) is 10.6. The number of allylic oxidation sites excluding steroid dienone is 2. The van der Waals surface area contributed by atoms with Crippen LogP contribution in [0, 0.1) is 40.7 Å². The Morgan fingerprint density at radius 2 is 1.79 bits per heavy atom. The number of nitro benzene ring substituents is 1. The van der Waals surface area contributed by atoms with Crippen molar-refractivity contribution in [1.82, 2.24) is 5.01 Å². The van der Waals surface area contributed by atoms with Crippen molar-refractivity contribution in [3.05, 3.63) is 80.4 Å². The molecule has 9 heteroatoms. The average Bonchev–Trinajstić information content (AvgIpc) is 3.46. The summed E-state index contributed by atoms with van der Waals surface area (Å²) in [5.74, 6) is -1.33. The van der Waals surface area contributed by atoms with Crippen molar-refractivity contribution in [2.45, 2.75) is 20.0 Å². The minimum Gasteiger partial charge on any atom is -0.481 e. The van der Waals surface area contributed by atoms with Crippen molar-refractivity contribution in [3.8, 4) is 5.75 Å². The van der Waals surface area contributed by atoms with E-state index < -0.39 is 4.92 Å². The minimum atomic E-state index is -0.590. The highest BCUT2D eigenvalue weighted by Gasteiger charge is 2.59. The Balaban J connectivity index is 1.44. The predicted octanol–water partition coefficient (Wildman–Crippen LogP) is 4.28. The van der Waals surface area contributed by atoms with Gasteiger partial charge >= 0.3 is 5.69 Å². The molecule has 4 atom stereocenters. The second kappa shape index (κ2) is 8.12. The van der Waals surface area contributed by atoms with Gasteiger partial charge in [-0.05, 0) is 36.8 Å². The van der Waals surface area contributed by atoms with Crippen molar-refractivity contribution in [3.63, 3.8) is 0 Å². The molecule has 1 heterocycles. The van der Waals surface area contributed by atoms with E-state index in [2.05, 4.69) is 5.10 Å². The Labute approximate surface area is 194 Å². The van der Waals surface area contributed by atoms with Crippen LogP contribution in [0.2, 0.25) is 5.02 Å². The van der Waals surface area contributed by atoms with Crippen LogP contribution < -0.4 is 4.74 Å². The third-order valence-electron chi connectivity index (χ3n) is 6.52. The molecular formula is C24H20ClN3O5. The van der Waals surface area contributed by atoms with Gasteiger partial charge < -0.3 is 4.74 Å². The van der Waals surface area contributed by atoms with Gasteiger partial charge in [-0.2, -0.15) is 10.1 Å². The number of nitrogens with zero attached hydrogens (tertiary/aromatic N) is 3. The number of carbonyl (C=O) groups is 2. The Morgan fingerprint density at radius 1 is 1.15 bits per heavy atom. The van der Waals surface area contributed by atoms with Crippen LogP contribution in [0.25, 0.3) is 0 Å². The van der Waals surface area contributed by atoms with E-state index in [1.54, 1.807) is 0 Å². The van der Waals surface area contributed by atoms with E-state index in [0.717, 1.165) is 22.6 Å². The predicted molar refractivity (Wildman–Crippen MR) is 121 cm³/mol. The van der Waals surface area contributed by atoms with Crippen molar-refractivity contribution in [2.75, 3.05) is 0 Å². The number of aryl methyl sites for hydroxylation is 1. The molecule has 2 aromatic carbocycles. The number of nitro groups is 1. The third-order valence-corrected chi connectivity index (χ3v) is 6.74. The molecule has 1 aliphatic heterocycles. The molecule has 2 bridgehead atoms. The quantitative estimate of drug-likeness (QED) is 0.208. The lowest BCUT2D eigenvalue weighted by Gasteiger charge is -2.13. The Bertz CT molecular complexity index is 1190. The van der Waals surface area contributed by atoms with Gasteiger partial charge in [0.1, 0.15) is 6.61 Å². The molecule has 5 rings (SSSR count). The number of ether oxygens (including phenoxy) is 1. The van der Waals surface area contributed by atoms with Crippen LogP contribution in [-0.4, -0.2) is 28.0 Å². The zero-order valence-electron chi connectivity index (χ0n) is 17.7. The number of hydrazone groups is 1. The first kappa shape index (κ1) is 21.3. The highest BCUT2D eigenvalue weighted by atomic mass is 35.5. The number of carbonyl (C=O) groups excluding carboxylic acids is 2.